The van der Waals surface area contributed by atoms with Gasteiger partial charge < -0.3 is 10.2 Å². The third-order valence-corrected chi connectivity index (χ3v) is 5.80. The van der Waals surface area contributed by atoms with Crippen molar-refractivity contribution >= 4 is 34.1 Å². The maximum Gasteiger partial charge on any atom is 0.233 e. The van der Waals surface area contributed by atoms with E-state index in [4.69, 9.17) is 0 Å². The highest BCUT2D eigenvalue weighted by molar-refractivity contribution is 8.01. The normalized spacial score (nSPS) is 18.7. The molecule has 124 valence electrons. The molecule has 2 rings (SSSR count). The van der Waals surface area contributed by atoms with Crippen LogP contribution >= 0.6 is 23.1 Å². The van der Waals surface area contributed by atoms with Gasteiger partial charge in [0.2, 0.25) is 11.0 Å². The van der Waals surface area contributed by atoms with Gasteiger partial charge in [-0.2, -0.15) is 0 Å². The van der Waals surface area contributed by atoms with Crippen LogP contribution in [0.1, 0.15) is 46.5 Å². The number of rotatable bonds is 7. The van der Waals surface area contributed by atoms with Crippen molar-refractivity contribution in [2.75, 3.05) is 24.2 Å². The average Bonchev–Trinajstić information content (AvgIpc) is 2.98. The zero-order valence-electron chi connectivity index (χ0n) is 13.7. The smallest absolute Gasteiger partial charge is 0.233 e. The molecule has 1 unspecified atom stereocenters. The van der Waals surface area contributed by atoms with Crippen LogP contribution < -0.4 is 5.32 Å². The summed E-state index contributed by atoms with van der Waals surface area (Å²) < 4.78 is 0.865. The molecule has 5 nitrogen and oxygen atoms in total. The molecule has 0 aromatic carbocycles. The Morgan fingerprint density at radius 3 is 3.00 bits per heavy atom. The number of piperidine rings is 1. The van der Waals surface area contributed by atoms with Crippen molar-refractivity contribution in [1.82, 2.24) is 15.1 Å². The van der Waals surface area contributed by atoms with Crippen molar-refractivity contribution < 1.29 is 4.79 Å². The molecular formula is C15H26N4OS2. The number of thioether (sulfide) groups is 1. The molecule has 0 aliphatic carbocycles. The summed E-state index contributed by atoms with van der Waals surface area (Å²) in [5.74, 6) is 1.28. The Kier molecular flexibility index (Phi) is 6.95. The van der Waals surface area contributed by atoms with Gasteiger partial charge in [0.1, 0.15) is 0 Å². The van der Waals surface area contributed by atoms with Gasteiger partial charge in [-0.1, -0.05) is 43.9 Å². The lowest BCUT2D eigenvalue weighted by Gasteiger charge is -2.35. The zero-order chi connectivity index (χ0) is 15.9. The second-order valence-corrected chi connectivity index (χ2v) is 8.28. The van der Waals surface area contributed by atoms with Crippen molar-refractivity contribution in [2.24, 2.45) is 5.92 Å². The number of hydrogen-bond donors (Lipinski definition) is 1. The molecule has 1 aliphatic heterocycles. The average molecular weight is 343 g/mol. The summed E-state index contributed by atoms with van der Waals surface area (Å²) >= 11 is 3.03. The van der Waals surface area contributed by atoms with E-state index >= 15 is 0 Å². The lowest BCUT2D eigenvalue weighted by atomic mass is 10.0. The van der Waals surface area contributed by atoms with E-state index in [1.807, 2.05) is 0 Å². The molecule has 0 spiro atoms. The summed E-state index contributed by atoms with van der Waals surface area (Å²) in [6.07, 6.45) is 4.58. The fraction of sp³-hybridized carbons (Fsp3) is 0.800. The molecule has 0 bridgehead atoms. The van der Waals surface area contributed by atoms with Crippen LogP contribution in [-0.4, -0.2) is 45.9 Å². The van der Waals surface area contributed by atoms with Crippen LogP contribution in [0.2, 0.25) is 0 Å². The van der Waals surface area contributed by atoms with Gasteiger partial charge >= 0.3 is 0 Å². The summed E-state index contributed by atoms with van der Waals surface area (Å²) in [6.45, 7) is 8.29. The van der Waals surface area contributed by atoms with E-state index in [2.05, 4.69) is 41.2 Å². The van der Waals surface area contributed by atoms with Gasteiger partial charge in [-0.25, -0.2) is 0 Å². The topological polar surface area (TPSA) is 58.1 Å². The molecular weight excluding hydrogens is 316 g/mol. The van der Waals surface area contributed by atoms with Gasteiger partial charge in [0.15, 0.2) is 4.34 Å². The van der Waals surface area contributed by atoms with Crippen LogP contribution in [0, 0.1) is 5.92 Å². The number of anilines is 1. The Labute approximate surface area is 141 Å². The van der Waals surface area contributed by atoms with Crippen molar-refractivity contribution in [3.8, 4) is 0 Å². The van der Waals surface area contributed by atoms with E-state index in [1.165, 1.54) is 29.5 Å². The second kappa shape index (κ2) is 8.72. The predicted octanol–water partition coefficient (Wildman–Crippen LogP) is 3.49. The minimum absolute atomic E-state index is 0.239. The number of aromatic nitrogens is 2. The molecule has 1 saturated heterocycles. The van der Waals surface area contributed by atoms with Gasteiger partial charge in [0.25, 0.3) is 0 Å². The first kappa shape index (κ1) is 17.5. The Bertz CT molecular complexity index is 478. The maximum absolute atomic E-state index is 12.4. The number of amides is 1. The zero-order valence-corrected chi connectivity index (χ0v) is 15.3. The minimum atomic E-state index is 0.239. The largest absolute Gasteiger partial charge is 0.360 e. The number of carbonyl (C=O) groups is 1. The lowest BCUT2D eigenvalue weighted by molar-refractivity contribution is -0.132. The molecule has 1 aromatic rings. The molecule has 1 N–H and O–H groups in total. The summed E-state index contributed by atoms with van der Waals surface area (Å²) in [5, 5.41) is 12.4. The summed E-state index contributed by atoms with van der Waals surface area (Å²) in [6, 6.07) is 0.430. The van der Waals surface area contributed by atoms with Crippen molar-refractivity contribution in [1.29, 1.82) is 0 Å². The first-order chi connectivity index (χ1) is 10.6. The summed E-state index contributed by atoms with van der Waals surface area (Å²) in [5.41, 5.74) is 0. The van der Waals surface area contributed by atoms with Crippen molar-refractivity contribution in [3.05, 3.63) is 0 Å². The van der Waals surface area contributed by atoms with Crippen LogP contribution in [0.15, 0.2) is 4.34 Å². The Morgan fingerprint density at radius 2 is 2.27 bits per heavy atom. The third-order valence-electron chi connectivity index (χ3n) is 3.81. The van der Waals surface area contributed by atoms with Crippen LogP contribution in [0.4, 0.5) is 5.13 Å². The molecule has 1 aliphatic rings. The standard InChI is InChI=1S/C15H26N4OS2/c1-4-12-7-5-6-8-19(12)13(20)10-21-15-18-17-14(22-15)16-9-11(2)3/h11-12H,4-10H2,1-3H3,(H,16,17). The number of hydrogen-bond acceptors (Lipinski definition) is 6. The minimum Gasteiger partial charge on any atom is -0.360 e. The Balaban J connectivity index is 1.80. The number of carbonyl (C=O) groups excluding carboxylic acids is 1. The van der Waals surface area contributed by atoms with E-state index in [-0.39, 0.29) is 5.91 Å². The predicted molar refractivity (Wildman–Crippen MR) is 93.6 cm³/mol. The van der Waals surface area contributed by atoms with Crippen LogP contribution in [0.5, 0.6) is 0 Å². The van der Waals surface area contributed by atoms with E-state index in [0.29, 0.717) is 17.7 Å². The fourth-order valence-corrected chi connectivity index (χ4v) is 4.24. The highest BCUT2D eigenvalue weighted by atomic mass is 32.2. The number of likely N-dealkylation sites (tertiary alicyclic amines) is 1. The van der Waals surface area contributed by atoms with E-state index < -0.39 is 0 Å². The van der Waals surface area contributed by atoms with E-state index in [0.717, 1.165) is 41.8 Å². The third kappa shape index (κ3) is 5.12. The molecule has 0 saturated carbocycles. The number of nitrogens with one attached hydrogen (secondary N) is 1. The van der Waals surface area contributed by atoms with Gasteiger partial charge in [-0.05, 0) is 31.6 Å². The molecule has 1 amide bonds. The Hall–Kier alpha value is -0.820. The van der Waals surface area contributed by atoms with Crippen LogP contribution in [0.3, 0.4) is 0 Å². The molecule has 1 aromatic heterocycles. The monoisotopic (exact) mass is 342 g/mol. The molecule has 22 heavy (non-hydrogen) atoms. The van der Waals surface area contributed by atoms with Crippen LogP contribution in [-0.2, 0) is 4.79 Å². The van der Waals surface area contributed by atoms with Crippen molar-refractivity contribution in [2.45, 2.75) is 56.8 Å². The highest BCUT2D eigenvalue weighted by Crippen LogP contribution is 2.27. The van der Waals surface area contributed by atoms with E-state index in [9.17, 15) is 4.79 Å². The van der Waals surface area contributed by atoms with Gasteiger partial charge in [0.05, 0.1) is 5.75 Å². The first-order valence-corrected chi connectivity index (χ1v) is 9.90. The molecule has 2 heterocycles. The van der Waals surface area contributed by atoms with Crippen LogP contribution in [0.25, 0.3) is 0 Å². The molecule has 7 heteroatoms. The summed E-state index contributed by atoms with van der Waals surface area (Å²) in [4.78, 5) is 14.5. The first-order valence-electron chi connectivity index (χ1n) is 8.09. The summed E-state index contributed by atoms with van der Waals surface area (Å²) in [7, 11) is 0. The lowest BCUT2D eigenvalue weighted by Crippen LogP contribution is -2.44. The Morgan fingerprint density at radius 1 is 1.45 bits per heavy atom. The molecule has 1 fully saturated rings. The second-order valence-electron chi connectivity index (χ2n) is 6.08. The van der Waals surface area contributed by atoms with Gasteiger partial charge in [-0.15, -0.1) is 10.2 Å². The van der Waals surface area contributed by atoms with Gasteiger partial charge in [-0.3, -0.25) is 4.79 Å². The SMILES string of the molecule is CCC1CCCCN1C(=O)CSc1nnc(NCC(C)C)s1. The van der Waals surface area contributed by atoms with Gasteiger partial charge in [0, 0.05) is 19.1 Å². The van der Waals surface area contributed by atoms with Crippen molar-refractivity contribution in [3.63, 3.8) is 0 Å². The number of nitrogens with zero attached hydrogens (tertiary/aromatic N) is 3. The molecule has 0 radical (unpaired) electrons. The highest BCUT2D eigenvalue weighted by Gasteiger charge is 2.25. The molecule has 1 atom stereocenters. The van der Waals surface area contributed by atoms with E-state index in [1.54, 1.807) is 0 Å². The maximum atomic E-state index is 12.4. The fourth-order valence-electron chi connectivity index (χ4n) is 2.59. The quantitative estimate of drug-likeness (QED) is 0.769.